The average molecular weight is 307 g/mol. The highest BCUT2D eigenvalue weighted by molar-refractivity contribution is 5.70. The van der Waals surface area contributed by atoms with Gasteiger partial charge in [0.2, 0.25) is 0 Å². The van der Waals surface area contributed by atoms with E-state index in [0.717, 1.165) is 17.5 Å². The predicted molar refractivity (Wildman–Crippen MR) is 84.3 cm³/mol. The van der Waals surface area contributed by atoms with Gasteiger partial charge in [-0.05, 0) is 56.9 Å². The summed E-state index contributed by atoms with van der Waals surface area (Å²) in [6.45, 7) is 8.23. The molecule has 1 atom stereocenters. The van der Waals surface area contributed by atoms with Crippen molar-refractivity contribution in [2.24, 2.45) is 0 Å². The molecule has 0 bridgehead atoms. The summed E-state index contributed by atoms with van der Waals surface area (Å²) in [6.07, 6.45) is 1.18. The van der Waals surface area contributed by atoms with Gasteiger partial charge >= 0.3 is 6.09 Å². The molecule has 122 valence electrons. The number of fused-ring (bicyclic) bond motifs is 1. The highest BCUT2D eigenvalue weighted by atomic mass is 16.6. The Hall–Kier alpha value is -1.91. The zero-order valence-corrected chi connectivity index (χ0v) is 14.0. The second-order valence-electron chi connectivity index (χ2n) is 6.57. The molecule has 1 unspecified atom stereocenters. The van der Waals surface area contributed by atoms with Gasteiger partial charge in [0.15, 0.2) is 11.5 Å². The third-order valence-corrected chi connectivity index (χ3v) is 3.81. The second-order valence-corrected chi connectivity index (χ2v) is 6.57. The lowest BCUT2D eigenvalue weighted by Crippen LogP contribution is -2.42. The van der Waals surface area contributed by atoms with Gasteiger partial charge in [0.25, 0.3) is 0 Å². The van der Waals surface area contributed by atoms with Crippen molar-refractivity contribution in [3.8, 4) is 11.5 Å². The van der Waals surface area contributed by atoms with Crippen molar-refractivity contribution in [2.45, 2.75) is 52.2 Å². The van der Waals surface area contributed by atoms with Crippen LogP contribution in [-0.4, -0.2) is 35.4 Å². The number of benzene rings is 1. The monoisotopic (exact) mass is 307 g/mol. The van der Waals surface area contributed by atoms with Crippen LogP contribution in [0.3, 0.4) is 0 Å². The van der Waals surface area contributed by atoms with Crippen LogP contribution in [0.4, 0.5) is 4.79 Å². The molecule has 1 amide bonds. The van der Waals surface area contributed by atoms with E-state index in [1.807, 2.05) is 33.8 Å². The van der Waals surface area contributed by atoms with Crippen LogP contribution in [-0.2, 0) is 11.2 Å². The molecule has 5 nitrogen and oxygen atoms in total. The van der Waals surface area contributed by atoms with E-state index < -0.39 is 5.60 Å². The van der Waals surface area contributed by atoms with Crippen LogP contribution in [0.5, 0.6) is 11.5 Å². The second kappa shape index (κ2) is 6.07. The third-order valence-electron chi connectivity index (χ3n) is 3.81. The Morgan fingerprint density at radius 3 is 2.64 bits per heavy atom. The number of phenols is 1. The number of methoxy groups -OCH3 is 1. The van der Waals surface area contributed by atoms with E-state index in [-0.39, 0.29) is 17.9 Å². The highest BCUT2D eigenvalue weighted by Crippen LogP contribution is 2.39. The number of hydrogen-bond acceptors (Lipinski definition) is 4. The molecule has 2 rings (SSSR count). The standard InChI is InChI=1S/C17H25NO4/c1-6-13-12-10-15(21-5)14(19)9-11(12)7-8-18(13)16(20)22-17(2,3)4/h9-10,13,19H,6-8H2,1-5H3. The maximum atomic E-state index is 12.4. The molecule has 0 saturated heterocycles. The molecule has 0 radical (unpaired) electrons. The van der Waals surface area contributed by atoms with E-state index in [2.05, 4.69) is 0 Å². The highest BCUT2D eigenvalue weighted by Gasteiger charge is 2.33. The Balaban J connectivity index is 2.34. The molecule has 1 N–H and O–H groups in total. The first-order valence-corrected chi connectivity index (χ1v) is 7.66. The first-order valence-electron chi connectivity index (χ1n) is 7.66. The lowest BCUT2D eigenvalue weighted by Gasteiger charge is -2.38. The van der Waals surface area contributed by atoms with Gasteiger partial charge < -0.3 is 19.5 Å². The first kappa shape index (κ1) is 16.5. The number of carbonyl (C=O) groups excluding carboxylic acids is 1. The summed E-state index contributed by atoms with van der Waals surface area (Å²) >= 11 is 0. The minimum atomic E-state index is -0.512. The van der Waals surface area contributed by atoms with E-state index in [1.165, 1.54) is 7.11 Å². The number of nitrogens with zero attached hydrogens (tertiary/aromatic N) is 1. The zero-order chi connectivity index (χ0) is 16.5. The van der Waals surface area contributed by atoms with Gasteiger partial charge in [0, 0.05) is 6.54 Å². The van der Waals surface area contributed by atoms with Crippen molar-refractivity contribution in [1.82, 2.24) is 4.90 Å². The van der Waals surface area contributed by atoms with Gasteiger partial charge in [0.1, 0.15) is 5.60 Å². The maximum Gasteiger partial charge on any atom is 0.410 e. The molecule has 0 aliphatic carbocycles. The smallest absolute Gasteiger partial charge is 0.410 e. The topological polar surface area (TPSA) is 59.0 Å². The van der Waals surface area contributed by atoms with Crippen molar-refractivity contribution in [3.05, 3.63) is 23.3 Å². The molecular formula is C17H25NO4. The Kier molecular flexibility index (Phi) is 4.54. The van der Waals surface area contributed by atoms with Crippen LogP contribution in [0.1, 0.15) is 51.3 Å². The van der Waals surface area contributed by atoms with Crippen LogP contribution >= 0.6 is 0 Å². The van der Waals surface area contributed by atoms with Crippen LogP contribution in [0.25, 0.3) is 0 Å². The van der Waals surface area contributed by atoms with Crippen LogP contribution in [0.15, 0.2) is 12.1 Å². The van der Waals surface area contributed by atoms with Crippen LogP contribution < -0.4 is 4.74 Å². The minimum absolute atomic E-state index is 0.0619. The molecule has 1 heterocycles. The fourth-order valence-electron chi connectivity index (χ4n) is 2.86. The summed E-state index contributed by atoms with van der Waals surface area (Å²) in [6, 6.07) is 3.51. The van der Waals surface area contributed by atoms with Gasteiger partial charge in [-0.15, -0.1) is 0 Å². The van der Waals surface area contributed by atoms with E-state index in [0.29, 0.717) is 18.7 Å². The van der Waals surface area contributed by atoms with Crippen molar-refractivity contribution in [3.63, 3.8) is 0 Å². The van der Waals surface area contributed by atoms with Crippen molar-refractivity contribution in [1.29, 1.82) is 0 Å². The van der Waals surface area contributed by atoms with Crippen LogP contribution in [0.2, 0.25) is 0 Å². The first-order chi connectivity index (χ1) is 10.3. The van der Waals surface area contributed by atoms with Crippen molar-refractivity contribution in [2.75, 3.05) is 13.7 Å². The fourth-order valence-corrected chi connectivity index (χ4v) is 2.86. The molecule has 1 aliphatic rings. The fraction of sp³-hybridized carbons (Fsp3) is 0.588. The lowest BCUT2D eigenvalue weighted by molar-refractivity contribution is 0.0137. The number of rotatable bonds is 2. The molecule has 0 fully saturated rings. The number of hydrogen-bond donors (Lipinski definition) is 1. The molecule has 22 heavy (non-hydrogen) atoms. The van der Waals surface area contributed by atoms with Gasteiger partial charge in [-0.1, -0.05) is 6.92 Å². The summed E-state index contributed by atoms with van der Waals surface area (Å²) in [7, 11) is 1.52. The lowest BCUT2D eigenvalue weighted by atomic mass is 9.91. The summed E-state index contributed by atoms with van der Waals surface area (Å²) < 4.78 is 10.7. The molecule has 1 aromatic rings. The van der Waals surface area contributed by atoms with E-state index >= 15 is 0 Å². The zero-order valence-electron chi connectivity index (χ0n) is 14.0. The summed E-state index contributed by atoms with van der Waals surface area (Å²) in [4.78, 5) is 14.2. The summed E-state index contributed by atoms with van der Waals surface area (Å²) in [5.41, 5.74) is 1.57. The van der Waals surface area contributed by atoms with E-state index in [4.69, 9.17) is 9.47 Å². The average Bonchev–Trinajstić information content (AvgIpc) is 2.43. The molecule has 0 saturated carbocycles. The quantitative estimate of drug-likeness (QED) is 0.906. The van der Waals surface area contributed by atoms with E-state index in [1.54, 1.807) is 11.0 Å². The molecule has 5 heteroatoms. The minimum Gasteiger partial charge on any atom is -0.504 e. The maximum absolute atomic E-state index is 12.4. The number of aromatic hydroxyl groups is 1. The molecule has 1 aromatic carbocycles. The van der Waals surface area contributed by atoms with Gasteiger partial charge in [0.05, 0.1) is 13.2 Å². The Morgan fingerprint density at radius 1 is 1.41 bits per heavy atom. The van der Waals surface area contributed by atoms with Gasteiger partial charge in [-0.2, -0.15) is 0 Å². The molecule has 0 aromatic heterocycles. The van der Waals surface area contributed by atoms with Gasteiger partial charge in [-0.25, -0.2) is 4.79 Å². The SMILES string of the molecule is CCC1c2cc(OC)c(O)cc2CCN1C(=O)OC(C)(C)C. The number of amides is 1. The van der Waals surface area contributed by atoms with Gasteiger partial charge in [-0.3, -0.25) is 0 Å². The van der Waals surface area contributed by atoms with Crippen LogP contribution in [0, 0.1) is 0 Å². The summed E-state index contributed by atoms with van der Waals surface area (Å²) in [5, 5.41) is 9.92. The Morgan fingerprint density at radius 2 is 2.09 bits per heavy atom. The molecule has 0 spiro atoms. The third kappa shape index (κ3) is 3.29. The number of carbonyl (C=O) groups is 1. The normalized spacial score (nSPS) is 17.9. The predicted octanol–water partition coefficient (Wildman–Crippen LogP) is 3.65. The molecule has 1 aliphatic heterocycles. The summed E-state index contributed by atoms with van der Waals surface area (Å²) in [5.74, 6) is 0.574. The molecular weight excluding hydrogens is 282 g/mol. The largest absolute Gasteiger partial charge is 0.504 e. The van der Waals surface area contributed by atoms with E-state index in [9.17, 15) is 9.90 Å². The number of ether oxygens (including phenoxy) is 2. The van der Waals surface area contributed by atoms with Crippen molar-refractivity contribution < 1.29 is 19.4 Å². The number of phenolic OH excluding ortho intramolecular Hbond substituents is 1. The Labute approximate surface area is 131 Å². The van der Waals surface area contributed by atoms with Crippen molar-refractivity contribution >= 4 is 6.09 Å². The Bertz CT molecular complexity index is 563.